The van der Waals surface area contributed by atoms with Gasteiger partial charge in [0, 0.05) is 25.1 Å². The van der Waals surface area contributed by atoms with Crippen LogP contribution in [0.4, 0.5) is 5.69 Å². The number of rotatable bonds is 5. The summed E-state index contributed by atoms with van der Waals surface area (Å²) in [5.41, 5.74) is 0.795. The molecule has 5 heteroatoms. The Morgan fingerprint density at radius 1 is 1.15 bits per heavy atom. The van der Waals surface area contributed by atoms with Gasteiger partial charge in [0.2, 0.25) is 5.88 Å². The van der Waals surface area contributed by atoms with Gasteiger partial charge in [-0.3, -0.25) is 0 Å². The molecule has 2 rings (SSSR count). The van der Waals surface area contributed by atoms with Gasteiger partial charge < -0.3 is 9.64 Å². The van der Waals surface area contributed by atoms with E-state index in [1.807, 2.05) is 61.6 Å². The maximum absolute atomic E-state index is 5.68. The minimum atomic E-state index is 0.561. The smallest absolute Gasteiger partial charge is 0.219 e. The molecule has 0 spiro atoms. The van der Waals surface area contributed by atoms with Crippen LogP contribution in [0.2, 0.25) is 0 Å². The number of hydrogen-bond donors (Lipinski definition) is 0. The molecule has 0 aliphatic carbocycles. The van der Waals surface area contributed by atoms with Crippen LogP contribution in [0.1, 0.15) is 0 Å². The summed E-state index contributed by atoms with van der Waals surface area (Å²) in [6.07, 6.45) is 5.47. The number of hydrogen-bond acceptors (Lipinski definition) is 4. The summed E-state index contributed by atoms with van der Waals surface area (Å²) in [6.45, 7) is 0. The van der Waals surface area contributed by atoms with Gasteiger partial charge in [0.25, 0.3) is 0 Å². The van der Waals surface area contributed by atoms with Gasteiger partial charge in [-0.05, 0) is 36.6 Å². The van der Waals surface area contributed by atoms with E-state index in [1.54, 1.807) is 24.3 Å². The van der Waals surface area contributed by atoms with Gasteiger partial charge in [0.15, 0.2) is 0 Å². The van der Waals surface area contributed by atoms with E-state index in [9.17, 15) is 0 Å². The molecule has 0 amide bonds. The van der Waals surface area contributed by atoms with Crippen LogP contribution in [0, 0.1) is 0 Å². The lowest BCUT2D eigenvalue weighted by Gasteiger charge is -2.06. The third kappa shape index (κ3) is 4.28. The lowest BCUT2D eigenvalue weighted by Crippen LogP contribution is -2.06. The van der Waals surface area contributed by atoms with Gasteiger partial charge in [-0.15, -0.1) is 11.8 Å². The topological polar surface area (TPSA) is 37.7 Å². The third-order valence-electron chi connectivity index (χ3n) is 2.44. The average Bonchev–Trinajstić information content (AvgIpc) is 2.47. The molecule has 0 saturated heterocycles. The summed E-state index contributed by atoms with van der Waals surface area (Å²) >= 11 is 1.70. The van der Waals surface area contributed by atoms with Crippen molar-refractivity contribution >= 4 is 23.8 Å². The van der Waals surface area contributed by atoms with Crippen molar-refractivity contribution in [2.45, 2.75) is 4.90 Å². The van der Waals surface area contributed by atoms with Crippen molar-refractivity contribution < 1.29 is 4.74 Å². The first-order valence-corrected chi connectivity index (χ1v) is 7.38. The van der Waals surface area contributed by atoms with E-state index in [0.717, 1.165) is 11.4 Å². The molecule has 1 aromatic heterocycles. The third-order valence-corrected chi connectivity index (χ3v) is 3.18. The Kier molecular flexibility index (Phi) is 5.01. The van der Waals surface area contributed by atoms with Crippen LogP contribution in [0.25, 0.3) is 0 Å². The van der Waals surface area contributed by atoms with Crippen LogP contribution >= 0.6 is 11.8 Å². The molecule has 1 aromatic carbocycles. The minimum absolute atomic E-state index is 0.561. The molecule has 0 unspecified atom stereocenters. The SMILES string of the molecule is CSc1ccc(Oc2ccc(N=CN(C)C)cn2)cc1. The molecule has 0 radical (unpaired) electrons. The van der Waals surface area contributed by atoms with Crippen molar-refractivity contribution in [1.29, 1.82) is 0 Å². The van der Waals surface area contributed by atoms with Crippen molar-refractivity contribution in [2.75, 3.05) is 20.4 Å². The molecule has 1 heterocycles. The molecule has 0 bridgehead atoms. The van der Waals surface area contributed by atoms with Gasteiger partial charge in [-0.25, -0.2) is 9.98 Å². The maximum atomic E-state index is 5.68. The molecule has 4 nitrogen and oxygen atoms in total. The van der Waals surface area contributed by atoms with Crippen LogP contribution in [0.5, 0.6) is 11.6 Å². The van der Waals surface area contributed by atoms with E-state index < -0.39 is 0 Å². The number of nitrogens with zero attached hydrogens (tertiary/aromatic N) is 3. The predicted molar refractivity (Wildman–Crippen MR) is 84.4 cm³/mol. The summed E-state index contributed by atoms with van der Waals surface area (Å²) in [6, 6.07) is 11.6. The van der Waals surface area contributed by atoms with Crippen molar-refractivity contribution in [3.63, 3.8) is 0 Å². The molecular formula is C15H17N3OS. The van der Waals surface area contributed by atoms with Gasteiger partial charge in [-0.2, -0.15) is 0 Å². The second-order valence-electron chi connectivity index (χ2n) is 4.34. The highest BCUT2D eigenvalue weighted by Crippen LogP contribution is 2.24. The molecule has 0 saturated carbocycles. The monoisotopic (exact) mass is 287 g/mol. The van der Waals surface area contributed by atoms with Crippen LogP contribution in [0.3, 0.4) is 0 Å². The lowest BCUT2D eigenvalue weighted by molar-refractivity contribution is 0.462. The first-order valence-electron chi connectivity index (χ1n) is 6.16. The van der Waals surface area contributed by atoms with E-state index in [-0.39, 0.29) is 0 Å². The Balaban J connectivity index is 2.02. The summed E-state index contributed by atoms with van der Waals surface area (Å²) in [5.74, 6) is 1.34. The summed E-state index contributed by atoms with van der Waals surface area (Å²) < 4.78 is 5.68. The highest BCUT2D eigenvalue weighted by molar-refractivity contribution is 7.98. The Labute approximate surface area is 123 Å². The van der Waals surface area contributed by atoms with Crippen molar-refractivity contribution in [1.82, 2.24) is 9.88 Å². The van der Waals surface area contributed by atoms with Gasteiger partial charge >= 0.3 is 0 Å². The van der Waals surface area contributed by atoms with E-state index in [1.165, 1.54) is 4.90 Å². The number of thioether (sulfide) groups is 1. The van der Waals surface area contributed by atoms with E-state index >= 15 is 0 Å². The molecule has 0 fully saturated rings. The van der Waals surface area contributed by atoms with Crippen molar-refractivity contribution in [3.8, 4) is 11.6 Å². The zero-order valence-electron chi connectivity index (χ0n) is 11.8. The van der Waals surface area contributed by atoms with Crippen LogP contribution in [-0.4, -0.2) is 36.6 Å². The van der Waals surface area contributed by atoms with Gasteiger partial charge in [0.1, 0.15) is 5.75 Å². The highest BCUT2D eigenvalue weighted by atomic mass is 32.2. The molecular weight excluding hydrogens is 270 g/mol. The van der Waals surface area contributed by atoms with Crippen LogP contribution in [-0.2, 0) is 0 Å². The number of aromatic nitrogens is 1. The first-order chi connectivity index (χ1) is 9.67. The fourth-order valence-corrected chi connectivity index (χ4v) is 1.86. The predicted octanol–water partition coefficient (Wildman–Crippen LogP) is 3.82. The van der Waals surface area contributed by atoms with Crippen molar-refractivity contribution in [3.05, 3.63) is 42.6 Å². The van der Waals surface area contributed by atoms with Gasteiger partial charge in [0.05, 0.1) is 18.2 Å². The van der Waals surface area contributed by atoms with Gasteiger partial charge in [-0.1, -0.05) is 0 Å². The highest BCUT2D eigenvalue weighted by Gasteiger charge is 1.99. The average molecular weight is 287 g/mol. The van der Waals surface area contributed by atoms with E-state index in [2.05, 4.69) is 9.98 Å². The molecule has 0 N–H and O–H groups in total. The second kappa shape index (κ2) is 6.96. The Bertz CT molecular complexity index is 565. The first kappa shape index (κ1) is 14.4. The number of aliphatic imine (C=N–C) groups is 1. The zero-order chi connectivity index (χ0) is 14.4. The molecule has 2 aromatic rings. The fraction of sp³-hybridized carbons (Fsp3) is 0.200. The van der Waals surface area contributed by atoms with Crippen LogP contribution in [0.15, 0.2) is 52.5 Å². The second-order valence-corrected chi connectivity index (χ2v) is 5.22. The molecule has 104 valence electrons. The number of benzene rings is 1. The number of ether oxygens (including phenoxy) is 1. The van der Waals surface area contributed by atoms with E-state index in [0.29, 0.717) is 5.88 Å². The normalized spacial score (nSPS) is 10.8. The Morgan fingerprint density at radius 2 is 1.90 bits per heavy atom. The molecule has 0 aliphatic heterocycles. The quantitative estimate of drug-likeness (QED) is 0.476. The summed E-state index contributed by atoms with van der Waals surface area (Å²) in [7, 11) is 3.85. The largest absolute Gasteiger partial charge is 0.439 e. The zero-order valence-corrected chi connectivity index (χ0v) is 12.6. The van der Waals surface area contributed by atoms with E-state index in [4.69, 9.17) is 4.74 Å². The fourth-order valence-electron chi connectivity index (χ4n) is 1.46. The minimum Gasteiger partial charge on any atom is -0.439 e. The Morgan fingerprint density at radius 3 is 2.45 bits per heavy atom. The molecule has 20 heavy (non-hydrogen) atoms. The summed E-state index contributed by atoms with van der Waals surface area (Å²) in [5, 5.41) is 0. The standard InChI is InChI=1S/C15H17N3OS/c1-18(2)11-17-12-4-9-15(16-10-12)19-13-5-7-14(20-3)8-6-13/h4-11H,1-3H3. The lowest BCUT2D eigenvalue weighted by atomic mass is 10.3. The maximum Gasteiger partial charge on any atom is 0.219 e. The molecule has 0 atom stereocenters. The number of pyridine rings is 1. The Hall–Kier alpha value is -2.01. The van der Waals surface area contributed by atoms with Crippen LogP contribution < -0.4 is 4.74 Å². The molecule has 0 aliphatic rings. The van der Waals surface area contributed by atoms with Crippen molar-refractivity contribution in [2.24, 2.45) is 4.99 Å². The summed E-state index contributed by atoms with van der Waals surface area (Å²) in [4.78, 5) is 11.6.